The number of anilines is 1. The number of nitrogens with zero attached hydrogens (tertiary/aromatic N) is 1. The lowest BCUT2D eigenvalue weighted by Crippen LogP contribution is -2.40. The van der Waals surface area contributed by atoms with Crippen molar-refractivity contribution in [1.82, 2.24) is 4.90 Å². The lowest BCUT2D eigenvalue weighted by Gasteiger charge is -2.30. The van der Waals surface area contributed by atoms with Crippen LogP contribution in [0.5, 0.6) is 0 Å². The number of hydrogen-bond acceptors (Lipinski definition) is 2. The van der Waals surface area contributed by atoms with Gasteiger partial charge in [0.25, 0.3) is 0 Å². The standard InChI is InChI=1S/C20H30N2O2/c1-15-10-11-19(16(2)14-15)21-20(24)12-13-22(17(3)23)18-8-6-4-5-7-9-18/h10-11,14,18H,4-9,12-13H2,1-3H3,(H,21,24). The fraction of sp³-hybridized carbons (Fsp3) is 0.600. The van der Waals surface area contributed by atoms with Crippen molar-refractivity contribution >= 4 is 17.5 Å². The molecule has 4 heteroatoms. The van der Waals surface area contributed by atoms with E-state index in [0.717, 1.165) is 24.1 Å². The van der Waals surface area contributed by atoms with Gasteiger partial charge in [-0.3, -0.25) is 9.59 Å². The summed E-state index contributed by atoms with van der Waals surface area (Å²) in [4.78, 5) is 26.2. The third-order valence-electron chi connectivity index (χ3n) is 4.91. The molecule has 1 fully saturated rings. The molecule has 132 valence electrons. The number of carbonyl (C=O) groups is 2. The van der Waals surface area contributed by atoms with E-state index in [1.54, 1.807) is 6.92 Å². The molecule has 2 rings (SSSR count). The van der Waals surface area contributed by atoms with Gasteiger partial charge in [-0.15, -0.1) is 0 Å². The van der Waals surface area contributed by atoms with Crippen LogP contribution in [0, 0.1) is 13.8 Å². The van der Waals surface area contributed by atoms with Gasteiger partial charge >= 0.3 is 0 Å². The molecular weight excluding hydrogens is 300 g/mol. The van der Waals surface area contributed by atoms with E-state index in [4.69, 9.17) is 0 Å². The number of amides is 2. The molecule has 0 bridgehead atoms. The monoisotopic (exact) mass is 330 g/mol. The number of hydrogen-bond donors (Lipinski definition) is 1. The highest BCUT2D eigenvalue weighted by atomic mass is 16.2. The van der Waals surface area contributed by atoms with Crippen LogP contribution in [-0.2, 0) is 9.59 Å². The maximum Gasteiger partial charge on any atom is 0.226 e. The van der Waals surface area contributed by atoms with Gasteiger partial charge in [0.1, 0.15) is 0 Å². The molecule has 2 amide bonds. The summed E-state index contributed by atoms with van der Waals surface area (Å²) in [5, 5.41) is 2.97. The molecule has 24 heavy (non-hydrogen) atoms. The fourth-order valence-electron chi connectivity index (χ4n) is 3.56. The largest absolute Gasteiger partial charge is 0.339 e. The van der Waals surface area contributed by atoms with Crippen LogP contribution < -0.4 is 5.32 Å². The quantitative estimate of drug-likeness (QED) is 0.822. The van der Waals surface area contributed by atoms with E-state index >= 15 is 0 Å². The third kappa shape index (κ3) is 5.36. The molecule has 0 heterocycles. The van der Waals surface area contributed by atoms with Crippen molar-refractivity contribution in [3.63, 3.8) is 0 Å². The summed E-state index contributed by atoms with van der Waals surface area (Å²) in [5.74, 6) is 0.0584. The Morgan fingerprint density at radius 2 is 1.79 bits per heavy atom. The second-order valence-corrected chi connectivity index (χ2v) is 6.97. The second kappa shape index (κ2) is 8.86. The summed E-state index contributed by atoms with van der Waals surface area (Å²) in [6.45, 7) is 6.16. The summed E-state index contributed by atoms with van der Waals surface area (Å²) in [6, 6.07) is 6.30. The Morgan fingerprint density at radius 3 is 2.38 bits per heavy atom. The molecule has 1 aromatic carbocycles. The average Bonchev–Trinajstić information content (AvgIpc) is 2.79. The van der Waals surface area contributed by atoms with Gasteiger partial charge in [0, 0.05) is 31.6 Å². The summed E-state index contributed by atoms with van der Waals surface area (Å²) >= 11 is 0. The molecule has 0 unspecified atom stereocenters. The van der Waals surface area contributed by atoms with Gasteiger partial charge in [0.2, 0.25) is 11.8 Å². The first-order valence-electron chi connectivity index (χ1n) is 9.11. The van der Waals surface area contributed by atoms with Crippen molar-refractivity contribution < 1.29 is 9.59 Å². The molecule has 1 aliphatic rings. The first-order valence-corrected chi connectivity index (χ1v) is 9.11. The van der Waals surface area contributed by atoms with Gasteiger partial charge in [0.05, 0.1) is 0 Å². The number of carbonyl (C=O) groups excluding carboxylic acids is 2. The van der Waals surface area contributed by atoms with Gasteiger partial charge in [-0.1, -0.05) is 43.4 Å². The van der Waals surface area contributed by atoms with E-state index < -0.39 is 0 Å². The minimum atomic E-state index is -0.0261. The predicted octanol–water partition coefficient (Wildman–Crippen LogP) is 4.20. The first-order chi connectivity index (χ1) is 11.5. The number of nitrogens with one attached hydrogen (secondary N) is 1. The van der Waals surface area contributed by atoms with E-state index in [1.165, 1.54) is 31.2 Å². The first kappa shape index (κ1) is 18.5. The van der Waals surface area contributed by atoms with Crippen molar-refractivity contribution in [2.24, 2.45) is 0 Å². The highest BCUT2D eigenvalue weighted by molar-refractivity contribution is 5.91. The lowest BCUT2D eigenvalue weighted by atomic mass is 10.1. The molecule has 0 saturated heterocycles. The molecule has 1 N–H and O–H groups in total. The molecular formula is C20H30N2O2. The van der Waals surface area contributed by atoms with Gasteiger partial charge < -0.3 is 10.2 Å². The van der Waals surface area contributed by atoms with E-state index in [0.29, 0.717) is 19.0 Å². The zero-order valence-corrected chi connectivity index (χ0v) is 15.2. The van der Waals surface area contributed by atoms with Crippen molar-refractivity contribution in [3.05, 3.63) is 29.3 Å². The van der Waals surface area contributed by atoms with Crippen molar-refractivity contribution in [3.8, 4) is 0 Å². The van der Waals surface area contributed by atoms with E-state index in [1.807, 2.05) is 30.9 Å². The normalized spacial score (nSPS) is 15.6. The summed E-state index contributed by atoms with van der Waals surface area (Å²) < 4.78 is 0. The zero-order valence-electron chi connectivity index (χ0n) is 15.2. The van der Waals surface area contributed by atoms with Crippen molar-refractivity contribution in [2.75, 3.05) is 11.9 Å². The van der Waals surface area contributed by atoms with Gasteiger partial charge in [-0.05, 0) is 38.3 Å². The topological polar surface area (TPSA) is 49.4 Å². The Balaban J connectivity index is 1.91. The highest BCUT2D eigenvalue weighted by Gasteiger charge is 2.22. The zero-order chi connectivity index (χ0) is 17.5. The lowest BCUT2D eigenvalue weighted by molar-refractivity contribution is -0.131. The maximum absolute atomic E-state index is 12.3. The molecule has 0 aromatic heterocycles. The predicted molar refractivity (Wildman–Crippen MR) is 98.0 cm³/mol. The Morgan fingerprint density at radius 1 is 1.12 bits per heavy atom. The highest BCUT2D eigenvalue weighted by Crippen LogP contribution is 2.22. The molecule has 0 aliphatic heterocycles. The number of rotatable bonds is 5. The number of aryl methyl sites for hydroxylation is 2. The van der Waals surface area contributed by atoms with Crippen LogP contribution in [0.15, 0.2) is 18.2 Å². The maximum atomic E-state index is 12.3. The number of benzene rings is 1. The van der Waals surface area contributed by atoms with Crippen LogP contribution in [0.25, 0.3) is 0 Å². The Labute approximate surface area is 145 Å². The molecule has 1 aromatic rings. The van der Waals surface area contributed by atoms with Crippen LogP contribution in [0.1, 0.15) is 63.0 Å². The van der Waals surface area contributed by atoms with Crippen LogP contribution in [0.2, 0.25) is 0 Å². The Bertz CT molecular complexity index is 575. The Kier molecular flexibility index (Phi) is 6.83. The molecule has 0 radical (unpaired) electrons. The minimum absolute atomic E-state index is 0.0261. The van der Waals surface area contributed by atoms with E-state index in [2.05, 4.69) is 11.4 Å². The summed E-state index contributed by atoms with van der Waals surface area (Å²) in [5.41, 5.74) is 3.10. The van der Waals surface area contributed by atoms with Crippen LogP contribution in [0.4, 0.5) is 5.69 Å². The minimum Gasteiger partial charge on any atom is -0.339 e. The Hall–Kier alpha value is -1.84. The molecule has 4 nitrogen and oxygen atoms in total. The molecule has 0 atom stereocenters. The van der Waals surface area contributed by atoms with Gasteiger partial charge in [0.15, 0.2) is 0 Å². The van der Waals surface area contributed by atoms with Crippen molar-refractivity contribution in [2.45, 2.75) is 71.8 Å². The van der Waals surface area contributed by atoms with Gasteiger partial charge in [-0.2, -0.15) is 0 Å². The van der Waals surface area contributed by atoms with E-state index in [-0.39, 0.29) is 11.8 Å². The van der Waals surface area contributed by atoms with Gasteiger partial charge in [-0.25, -0.2) is 0 Å². The van der Waals surface area contributed by atoms with Crippen LogP contribution in [-0.4, -0.2) is 29.3 Å². The van der Waals surface area contributed by atoms with E-state index in [9.17, 15) is 9.59 Å². The molecule has 1 saturated carbocycles. The molecule has 0 spiro atoms. The second-order valence-electron chi connectivity index (χ2n) is 6.97. The summed E-state index contributed by atoms with van der Waals surface area (Å²) in [6.07, 6.45) is 7.37. The van der Waals surface area contributed by atoms with Crippen LogP contribution >= 0.6 is 0 Å². The smallest absolute Gasteiger partial charge is 0.226 e. The fourth-order valence-corrected chi connectivity index (χ4v) is 3.56. The SMILES string of the molecule is CC(=O)N(CCC(=O)Nc1ccc(C)cc1C)C1CCCCCC1. The average molecular weight is 330 g/mol. The third-order valence-corrected chi connectivity index (χ3v) is 4.91. The van der Waals surface area contributed by atoms with Crippen molar-refractivity contribution in [1.29, 1.82) is 0 Å². The van der Waals surface area contributed by atoms with Crippen LogP contribution in [0.3, 0.4) is 0 Å². The molecule has 1 aliphatic carbocycles. The summed E-state index contributed by atoms with van der Waals surface area (Å²) in [7, 11) is 0.